The van der Waals surface area contributed by atoms with Crippen molar-refractivity contribution in [2.24, 2.45) is 10.8 Å². The van der Waals surface area contributed by atoms with Gasteiger partial charge in [-0.3, -0.25) is 20.5 Å². The van der Waals surface area contributed by atoms with Crippen molar-refractivity contribution in [3.8, 4) is 0 Å². The van der Waals surface area contributed by atoms with Crippen LogP contribution < -0.4 is 11.2 Å². The molecule has 0 aliphatic heterocycles. The molecule has 0 amide bonds. The van der Waals surface area contributed by atoms with Gasteiger partial charge in [-0.2, -0.15) is 5.10 Å². The number of nitrogens with one attached hydrogen (secondary N) is 1. The van der Waals surface area contributed by atoms with Gasteiger partial charge in [0.05, 0.1) is 21.6 Å². The second-order valence-corrected chi connectivity index (χ2v) is 6.68. The van der Waals surface area contributed by atoms with Gasteiger partial charge in [0, 0.05) is 28.1 Å². The van der Waals surface area contributed by atoms with Gasteiger partial charge in [0.15, 0.2) is 5.11 Å². The van der Waals surface area contributed by atoms with Crippen molar-refractivity contribution in [1.82, 2.24) is 10.4 Å². The first-order chi connectivity index (χ1) is 12.5. The topological polar surface area (TPSA) is 106 Å². The van der Waals surface area contributed by atoms with Crippen LogP contribution in [0.15, 0.2) is 69.6 Å². The number of nitro benzene ring substituents is 1. The van der Waals surface area contributed by atoms with Crippen molar-refractivity contribution in [1.29, 1.82) is 0 Å². The number of hydrogen-bond donors (Lipinski definition) is 2. The molecule has 0 spiro atoms. The van der Waals surface area contributed by atoms with Crippen LogP contribution in [-0.2, 0) is 0 Å². The summed E-state index contributed by atoms with van der Waals surface area (Å²) in [4.78, 5) is 16.8. The maximum absolute atomic E-state index is 11.5. The molecule has 0 saturated carbocycles. The lowest BCUT2D eigenvalue weighted by Crippen LogP contribution is -2.23. The lowest BCUT2D eigenvalue weighted by molar-refractivity contribution is -0.387. The van der Waals surface area contributed by atoms with Crippen LogP contribution in [0.25, 0.3) is 10.9 Å². The average Bonchev–Trinajstić information content (AvgIpc) is 2.62. The van der Waals surface area contributed by atoms with Gasteiger partial charge in [0.2, 0.25) is 0 Å². The fraction of sp³-hybridized carbons (Fsp3) is 0. The van der Waals surface area contributed by atoms with E-state index in [0.717, 1.165) is 15.8 Å². The molecule has 130 valence electrons. The minimum atomic E-state index is -0.417. The molecule has 0 radical (unpaired) electrons. The van der Waals surface area contributed by atoms with Gasteiger partial charge >= 0.3 is 0 Å². The normalized spacial score (nSPS) is 10.9. The molecule has 0 bridgehead atoms. The van der Waals surface area contributed by atoms with E-state index in [0.29, 0.717) is 10.5 Å². The summed E-state index contributed by atoms with van der Waals surface area (Å²) in [5.41, 5.74) is 9.04. The molecule has 0 aliphatic rings. The number of rotatable bonds is 5. The Morgan fingerprint density at radius 2 is 2.08 bits per heavy atom. The number of thiocarbonyl (C=S) groups is 1. The van der Waals surface area contributed by atoms with Gasteiger partial charge in [0.1, 0.15) is 0 Å². The average molecular weight is 383 g/mol. The van der Waals surface area contributed by atoms with Crippen molar-refractivity contribution in [2.45, 2.75) is 9.79 Å². The second kappa shape index (κ2) is 7.89. The van der Waals surface area contributed by atoms with Gasteiger partial charge < -0.3 is 5.73 Å². The maximum Gasteiger partial charge on any atom is 0.283 e. The van der Waals surface area contributed by atoms with Crippen LogP contribution in [0.3, 0.4) is 0 Å². The molecule has 0 unspecified atom stereocenters. The largest absolute Gasteiger partial charge is 0.375 e. The lowest BCUT2D eigenvalue weighted by Gasteiger charge is -2.06. The molecule has 0 aliphatic carbocycles. The summed E-state index contributed by atoms with van der Waals surface area (Å²) < 4.78 is 0. The highest BCUT2D eigenvalue weighted by atomic mass is 32.2. The van der Waals surface area contributed by atoms with E-state index in [1.807, 2.05) is 30.3 Å². The van der Waals surface area contributed by atoms with E-state index in [1.54, 1.807) is 18.3 Å². The molecule has 0 atom stereocenters. The third-order valence-electron chi connectivity index (χ3n) is 3.38. The lowest BCUT2D eigenvalue weighted by atomic mass is 10.2. The van der Waals surface area contributed by atoms with Crippen molar-refractivity contribution < 1.29 is 4.92 Å². The van der Waals surface area contributed by atoms with Gasteiger partial charge in [0.25, 0.3) is 5.69 Å². The quantitative estimate of drug-likeness (QED) is 0.301. The molecule has 1 heterocycles. The number of nitro groups is 1. The molecule has 26 heavy (non-hydrogen) atoms. The van der Waals surface area contributed by atoms with E-state index < -0.39 is 4.92 Å². The number of hydrazone groups is 1. The Hall–Kier alpha value is -3.04. The monoisotopic (exact) mass is 383 g/mol. The second-order valence-electron chi connectivity index (χ2n) is 5.15. The van der Waals surface area contributed by atoms with E-state index in [2.05, 4.69) is 27.7 Å². The Bertz CT molecular complexity index is 1020. The van der Waals surface area contributed by atoms with Crippen LogP contribution in [-0.4, -0.2) is 21.2 Å². The number of pyridine rings is 1. The maximum atomic E-state index is 11.5. The minimum Gasteiger partial charge on any atom is -0.375 e. The van der Waals surface area contributed by atoms with Crippen LogP contribution in [0.2, 0.25) is 0 Å². The molecule has 2 aromatic carbocycles. The van der Waals surface area contributed by atoms with E-state index in [-0.39, 0.29) is 10.8 Å². The van der Waals surface area contributed by atoms with Crippen LogP contribution >= 0.6 is 24.0 Å². The third kappa shape index (κ3) is 4.13. The fourth-order valence-electron chi connectivity index (χ4n) is 2.29. The molecular formula is C17H13N5O2S2. The minimum absolute atomic E-state index is 0.0118. The molecule has 3 N–H and O–H groups in total. The summed E-state index contributed by atoms with van der Waals surface area (Å²) in [6.07, 6.45) is 3.12. The Labute approximate surface area is 158 Å². The first kappa shape index (κ1) is 17.8. The van der Waals surface area contributed by atoms with Gasteiger partial charge in [-0.1, -0.05) is 36.0 Å². The van der Waals surface area contributed by atoms with E-state index in [9.17, 15) is 10.1 Å². The molecule has 0 saturated heterocycles. The van der Waals surface area contributed by atoms with Crippen LogP contribution in [0.5, 0.6) is 0 Å². The number of nitrogens with zero attached hydrogens (tertiary/aromatic N) is 3. The van der Waals surface area contributed by atoms with Crippen LogP contribution in [0, 0.1) is 10.1 Å². The number of aromatic nitrogens is 1. The summed E-state index contributed by atoms with van der Waals surface area (Å²) in [5.74, 6) is 0. The zero-order chi connectivity index (χ0) is 18.5. The molecule has 7 nitrogen and oxygen atoms in total. The zero-order valence-electron chi connectivity index (χ0n) is 13.3. The molecule has 3 rings (SSSR count). The SMILES string of the molecule is NC(=S)N/N=C\c1ccc(Sc2cccc3cccnc23)c([N+](=O)[O-])c1. The third-order valence-corrected chi connectivity index (χ3v) is 4.59. The molecular weight excluding hydrogens is 370 g/mol. The highest BCUT2D eigenvalue weighted by molar-refractivity contribution is 7.99. The molecule has 1 aromatic heterocycles. The summed E-state index contributed by atoms with van der Waals surface area (Å²) in [7, 11) is 0. The van der Waals surface area contributed by atoms with E-state index in [1.165, 1.54) is 24.0 Å². The first-order valence-electron chi connectivity index (χ1n) is 7.43. The molecule has 9 heteroatoms. The Balaban J connectivity index is 1.95. The fourth-order valence-corrected chi connectivity index (χ4v) is 3.37. The van der Waals surface area contributed by atoms with Gasteiger partial charge in [-0.25, -0.2) is 0 Å². The zero-order valence-corrected chi connectivity index (χ0v) is 15.0. The number of benzene rings is 2. The highest BCUT2D eigenvalue weighted by Crippen LogP contribution is 2.37. The smallest absolute Gasteiger partial charge is 0.283 e. The summed E-state index contributed by atoms with van der Waals surface area (Å²) >= 11 is 5.95. The summed E-state index contributed by atoms with van der Waals surface area (Å²) in [5, 5.41) is 16.3. The van der Waals surface area contributed by atoms with Crippen molar-refractivity contribution in [2.75, 3.05) is 0 Å². The van der Waals surface area contributed by atoms with Crippen LogP contribution in [0.4, 0.5) is 5.69 Å². The molecule has 3 aromatic rings. The Morgan fingerprint density at radius 3 is 2.85 bits per heavy atom. The summed E-state index contributed by atoms with van der Waals surface area (Å²) in [6.45, 7) is 0. The van der Waals surface area contributed by atoms with Gasteiger partial charge in [-0.05, 0) is 30.4 Å². The van der Waals surface area contributed by atoms with Crippen LogP contribution in [0.1, 0.15) is 5.56 Å². The van der Waals surface area contributed by atoms with E-state index in [4.69, 9.17) is 5.73 Å². The predicted octanol–water partition coefficient (Wildman–Crippen LogP) is 3.46. The van der Waals surface area contributed by atoms with E-state index >= 15 is 0 Å². The number of para-hydroxylation sites is 1. The van der Waals surface area contributed by atoms with Crippen molar-refractivity contribution >= 4 is 51.9 Å². The standard InChI is InChI=1S/C17H13N5O2S2/c18-17(25)21-20-10-11-6-7-14(13(9-11)22(23)24)26-15-5-1-3-12-4-2-8-19-16(12)15/h1-10H,(H3,18,21,25)/b20-10-. The van der Waals surface area contributed by atoms with Crippen molar-refractivity contribution in [3.63, 3.8) is 0 Å². The number of nitrogens with two attached hydrogens (primary N) is 1. The predicted molar refractivity (Wildman–Crippen MR) is 106 cm³/mol. The Kier molecular flexibility index (Phi) is 5.40. The summed E-state index contributed by atoms with van der Waals surface area (Å²) in [6, 6.07) is 14.4. The molecule has 0 fully saturated rings. The Morgan fingerprint density at radius 1 is 1.27 bits per heavy atom. The van der Waals surface area contributed by atoms with Gasteiger partial charge in [-0.15, -0.1) is 0 Å². The van der Waals surface area contributed by atoms with Crippen molar-refractivity contribution in [3.05, 3.63) is 70.4 Å². The number of hydrogen-bond acceptors (Lipinski definition) is 6. The highest BCUT2D eigenvalue weighted by Gasteiger charge is 2.16. The first-order valence-corrected chi connectivity index (χ1v) is 8.65. The number of fused-ring (bicyclic) bond motifs is 1.